The van der Waals surface area contributed by atoms with E-state index in [-0.39, 0.29) is 24.0 Å². The Morgan fingerprint density at radius 3 is 2.94 bits per heavy atom. The van der Waals surface area contributed by atoms with Crippen LogP contribution < -0.4 is 5.32 Å². The molecular weight excluding hydrogens is 202 g/mol. The van der Waals surface area contributed by atoms with Crippen LogP contribution in [-0.4, -0.2) is 35.5 Å². The van der Waals surface area contributed by atoms with E-state index in [4.69, 9.17) is 5.26 Å². The van der Waals surface area contributed by atoms with E-state index in [1.165, 1.54) is 0 Å². The molecule has 2 aliphatic heterocycles. The molecule has 16 heavy (non-hydrogen) atoms. The first-order valence-electron chi connectivity index (χ1n) is 5.85. The lowest BCUT2D eigenvalue weighted by molar-refractivity contribution is -0.133. The van der Waals surface area contributed by atoms with Gasteiger partial charge in [-0.25, -0.2) is 0 Å². The zero-order valence-corrected chi connectivity index (χ0v) is 9.35. The van der Waals surface area contributed by atoms with Crippen molar-refractivity contribution in [2.45, 2.75) is 43.8 Å². The summed E-state index contributed by atoms with van der Waals surface area (Å²) >= 11 is 0. The lowest BCUT2D eigenvalue weighted by Crippen LogP contribution is -2.46. The molecule has 0 spiro atoms. The van der Waals surface area contributed by atoms with Crippen molar-refractivity contribution in [3.8, 4) is 6.07 Å². The molecule has 3 atom stereocenters. The minimum Gasteiger partial charge on any atom is -0.325 e. The normalized spacial score (nSPS) is 33.7. The van der Waals surface area contributed by atoms with Gasteiger partial charge in [-0.2, -0.15) is 5.26 Å². The Kier molecular flexibility index (Phi) is 3.25. The Labute approximate surface area is 95.9 Å². The summed E-state index contributed by atoms with van der Waals surface area (Å²) < 4.78 is 0. The highest BCUT2D eigenvalue weighted by molar-refractivity contribution is 5.83. The summed E-state index contributed by atoms with van der Waals surface area (Å²) in [5.41, 5.74) is 0. The molecule has 0 saturated carbocycles. The summed E-state index contributed by atoms with van der Waals surface area (Å²) in [6, 6.07) is 2.12. The highest BCUT2D eigenvalue weighted by Crippen LogP contribution is 2.21. The molecule has 2 saturated heterocycles. The first kappa shape index (κ1) is 11.2. The summed E-state index contributed by atoms with van der Waals surface area (Å²) in [7, 11) is 0. The van der Waals surface area contributed by atoms with E-state index in [1.54, 1.807) is 4.90 Å². The number of hydrogen-bond acceptors (Lipinski definition) is 3. The number of hydrogen-bond donors (Lipinski definition) is 1. The lowest BCUT2D eigenvalue weighted by atomic mass is 10.1. The van der Waals surface area contributed by atoms with E-state index in [2.05, 4.69) is 18.0 Å². The fraction of sp³-hybridized carbons (Fsp3) is 0.667. The molecule has 0 radical (unpaired) electrons. The number of carbonyl (C=O) groups excluding carboxylic acids is 1. The Morgan fingerprint density at radius 2 is 2.31 bits per heavy atom. The van der Waals surface area contributed by atoms with Crippen LogP contribution in [0.2, 0.25) is 0 Å². The summed E-state index contributed by atoms with van der Waals surface area (Å²) in [5.74, 6) is 0.0911. The number of rotatable bonds is 2. The fourth-order valence-electron chi connectivity index (χ4n) is 2.52. The van der Waals surface area contributed by atoms with Gasteiger partial charge in [-0.05, 0) is 25.7 Å². The Hall–Kier alpha value is -1.34. The second-order valence-electron chi connectivity index (χ2n) is 4.46. The molecule has 2 heterocycles. The van der Waals surface area contributed by atoms with E-state index < -0.39 is 0 Å². The molecule has 2 aliphatic rings. The van der Waals surface area contributed by atoms with Gasteiger partial charge in [-0.1, -0.05) is 6.08 Å². The molecule has 2 fully saturated rings. The number of likely N-dealkylation sites (tertiary alicyclic amines) is 1. The largest absolute Gasteiger partial charge is 0.325 e. The second-order valence-corrected chi connectivity index (χ2v) is 4.46. The van der Waals surface area contributed by atoms with Gasteiger partial charge >= 0.3 is 0 Å². The molecular formula is C12H17N3O. The van der Waals surface area contributed by atoms with Crippen LogP contribution in [0.3, 0.4) is 0 Å². The van der Waals surface area contributed by atoms with Crippen LogP contribution >= 0.6 is 0 Å². The molecule has 4 heteroatoms. The van der Waals surface area contributed by atoms with Crippen LogP contribution in [0.1, 0.15) is 25.7 Å². The fourth-order valence-corrected chi connectivity index (χ4v) is 2.52. The monoisotopic (exact) mass is 219 g/mol. The zero-order valence-electron chi connectivity index (χ0n) is 9.35. The third-order valence-electron chi connectivity index (χ3n) is 3.45. The molecule has 1 amide bonds. The summed E-state index contributed by atoms with van der Waals surface area (Å²) in [6.07, 6.45) is 5.43. The minimum absolute atomic E-state index is 0.0911. The van der Waals surface area contributed by atoms with Crippen molar-refractivity contribution in [3.05, 3.63) is 12.7 Å². The maximum atomic E-state index is 12.2. The van der Waals surface area contributed by atoms with Crippen LogP contribution in [0, 0.1) is 11.3 Å². The molecule has 0 aromatic carbocycles. The number of amides is 1. The third kappa shape index (κ3) is 1.96. The quantitative estimate of drug-likeness (QED) is 0.699. The molecule has 86 valence electrons. The van der Waals surface area contributed by atoms with Gasteiger partial charge in [-0.15, -0.1) is 6.58 Å². The van der Waals surface area contributed by atoms with Gasteiger partial charge in [0.25, 0.3) is 0 Å². The lowest BCUT2D eigenvalue weighted by Gasteiger charge is -2.23. The maximum absolute atomic E-state index is 12.2. The van der Waals surface area contributed by atoms with Crippen LogP contribution in [0.5, 0.6) is 0 Å². The number of nitrogens with zero attached hydrogens (tertiary/aromatic N) is 2. The molecule has 0 bridgehead atoms. The average molecular weight is 219 g/mol. The van der Waals surface area contributed by atoms with E-state index in [0.29, 0.717) is 0 Å². The smallest absolute Gasteiger partial charge is 0.240 e. The SMILES string of the molecule is C=C[C@H]1CC[C@@H](C(=O)N2CCC[C@H]2C#N)N1. The first-order chi connectivity index (χ1) is 7.76. The summed E-state index contributed by atoms with van der Waals surface area (Å²) in [4.78, 5) is 13.9. The molecule has 0 aromatic rings. The Morgan fingerprint density at radius 1 is 1.50 bits per heavy atom. The van der Waals surface area contributed by atoms with Crippen molar-refractivity contribution < 1.29 is 4.79 Å². The van der Waals surface area contributed by atoms with Crippen molar-refractivity contribution >= 4 is 5.91 Å². The molecule has 0 aliphatic carbocycles. The predicted molar refractivity (Wildman–Crippen MR) is 60.5 cm³/mol. The maximum Gasteiger partial charge on any atom is 0.240 e. The first-order valence-corrected chi connectivity index (χ1v) is 5.85. The van der Waals surface area contributed by atoms with Gasteiger partial charge in [0, 0.05) is 12.6 Å². The molecule has 1 N–H and O–H groups in total. The van der Waals surface area contributed by atoms with Crippen molar-refractivity contribution in [2.24, 2.45) is 0 Å². The topological polar surface area (TPSA) is 56.1 Å². The minimum atomic E-state index is -0.211. The molecule has 0 unspecified atom stereocenters. The third-order valence-corrected chi connectivity index (χ3v) is 3.45. The molecule has 4 nitrogen and oxygen atoms in total. The number of nitriles is 1. The Bertz CT molecular complexity index is 334. The summed E-state index contributed by atoms with van der Waals surface area (Å²) in [5, 5.41) is 12.2. The van der Waals surface area contributed by atoms with Crippen molar-refractivity contribution in [1.82, 2.24) is 10.2 Å². The second kappa shape index (κ2) is 4.67. The van der Waals surface area contributed by atoms with Gasteiger partial charge in [-0.3, -0.25) is 10.1 Å². The molecule has 2 rings (SSSR count). The number of carbonyl (C=O) groups is 1. The zero-order chi connectivity index (χ0) is 11.5. The van der Waals surface area contributed by atoms with E-state index in [0.717, 1.165) is 32.2 Å². The van der Waals surface area contributed by atoms with Crippen LogP contribution in [0.15, 0.2) is 12.7 Å². The van der Waals surface area contributed by atoms with Crippen LogP contribution in [0.4, 0.5) is 0 Å². The van der Waals surface area contributed by atoms with Gasteiger partial charge in [0.1, 0.15) is 6.04 Å². The molecule has 0 aromatic heterocycles. The van der Waals surface area contributed by atoms with Crippen molar-refractivity contribution in [2.75, 3.05) is 6.54 Å². The standard InChI is InChI=1S/C12H17N3O/c1-2-9-5-6-11(14-9)12(16)15-7-3-4-10(15)8-13/h2,9-11,14H,1,3-7H2/t9-,10-,11-/m0/s1. The predicted octanol–water partition coefficient (Wildman–Crippen LogP) is 0.808. The van der Waals surface area contributed by atoms with Gasteiger partial charge in [0.05, 0.1) is 12.1 Å². The van der Waals surface area contributed by atoms with Crippen LogP contribution in [0.25, 0.3) is 0 Å². The van der Waals surface area contributed by atoms with Gasteiger partial charge in [0.2, 0.25) is 5.91 Å². The van der Waals surface area contributed by atoms with Gasteiger partial charge in [0.15, 0.2) is 0 Å². The van der Waals surface area contributed by atoms with E-state index in [9.17, 15) is 4.79 Å². The Balaban J connectivity index is 1.98. The van der Waals surface area contributed by atoms with Crippen molar-refractivity contribution in [3.63, 3.8) is 0 Å². The van der Waals surface area contributed by atoms with Crippen molar-refractivity contribution in [1.29, 1.82) is 5.26 Å². The highest BCUT2D eigenvalue weighted by Gasteiger charge is 2.35. The average Bonchev–Trinajstić information content (AvgIpc) is 2.96. The van der Waals surface area contributed by atoms with E-state index in [1.807, 2.05) is 6.08 Å². The van der Waals surface area contributed by atoms with E-state index >= 15 is 0 Å². The number of nitrogens with one attached hydrogen (secondary N) is 1. The highest BCUT2D eigenvalue weighted by atomic mass is 16.2. The van der Waals surface area contributed by atoms with Gasteiger partial charge < -0.3 is 4.90 Å². The summed E-state index contributed by atoms with van der Waals surface area (Å²) in [6.45, 7) is 4.46. The van der Waals surface area contributed by atoms with Crippen LogP contribution in [-0.2, 0) is 4.79 Å².